The Morgan fingerprint density at radius 2 is 0.488 bits per heavy atom. The van der Waals surface area contributed by atoms with E-state index in [1.165, 1.54) is 109 Å². The van der Waals surface area contributed by atoms with E-state index >= 15 is 0 Å². The van der Waals surface area contributed by atoms with Crippen LogP contribution in [0.3, 0.4) is 0 Å². The largest absolute Gasteiger partial charge is 0.310 e. The number of nitrogens with zero attached hydrogens (tertiary/aromatic N) is 2. The van der Waals surface area contributed by atoms with Crippen LogP contribution in [-0.2, 0) is 0 Å². The molecule has 16 rings (SSSR count). The van der Waals surface area contributed by atoms with Gasteiger partial charge in [-0.3, -0.25) is 0 Å². The van der Waals surface area contributed by atoms with Gasteiger partial charge >= 0.3 is 0 Å². The number of fused-ring (bicyclic) bond motifs is 9. The molecule has 0 aliphatic carbocycles. The maximum atomic E-state index is 2.39. The molecule has 0 amide bonds. The molecule has 0 aromatic heterocycles. The molecule has 0 atom stereocenters. The standard InChI is InChI=1S/C42H30N2.C40H26/c1-5-17-31(18-6-1)43(32-19-7-2-8-20-32)41-29-39-36-26-14-16-28-38(36)42(30-40(39)35-25-13-15-27-37(35)41)44(33-21-9-3-10-22-33)34-23-11-4-12-24-34;1-2-12-31-26-32(25-20-27(31)10-1)40-37-17-7-5-15-35(37)39(36-16-6-8-18-38(36)40)30-23-21-29(22-24-30)34-19-9-13-28-11-3-4-14-33(28)34/h1-30H;1-26H. The van der Waals surface area contributed by atoms with Gasteiger partial charge in [0.2, 0.25) is 0 Å². The number of hydrogen-bond donors (Lipinski definition) is 0. The van der Waals surface area contributed by atoms with Crippen molar-refractivity contribution >= 4 is 110 Å². The minimum atomic E-state index is 1.13. The first kappa shape index (κ1) is 49.9. The number of benzene rings is 16. The third kappa shape index (κ3) is 9.04. The van der Waals surface area contributed by atoms with Crippen molar-refractivity contribution in [3.8, 4) is 33.4 Å². The van der Waals surface area contributed by atoms with E-state index in [0.29, 0.717) is 0 Å². The predicted molar refractivity (Wildman–Crippen MR) is 361 cm³/mol. The van der Waals surface area contributed by atoms with Crippen LogP contribution in [0.1, 0.15) is 0 Å². The molecular weight excluding hydrogens is 1010 g/mol. The predicted octanol–water partition coefficient (Wildman–Crippen LogP) is 23.4. The summed E-state index contributed by atoms with van der Waals surface area (Å²) in [5.41, 5.74) is 14.4. The summed E-state index contributed by atoms with van der Waals surface area (Å²) in [6, 6.07) is 123. The van der Waals surface area contributed by atoms with Gasteiger partial charge < -0.3 is 9.80 Å². The molecule has 16 aromatic rings. The Labute approximate surface area is 489 Å². The summed E-state index contributed by atoms with van der Waals surface area (Å²) in [4.78, 5) is 4.76. The van der Waals surface area contributed by atoms with Crippen LogP contribution < -0.4 is 9.80 Å². The summed E-state index contributed by atoms with van der Waals surface area (Å²) in [5, 5.41) is 17.5. The highest BCUT2D eigenvalue weighted by atomic mass is 15.1. The first-order chi connectivity index (χ1) is 41.7. The summed E-state index contributed by atoms with van der Waals surface area (Å²) < 4.78 is 0. The van der Waals surface area contributed by atoms with Crippen molar-refractivity contribution in [1.82, 2.24) is 0 Å². The van der Waals surface area contributed by atoms with Crippen LogP contribution >= 0.6 is 0 Å². The fourth-order valence-corrected chi connectivity index (χ4v) is 12.8. The average Bonchev–Trinajstić information content (AvgIpc) is 2.68. The molecular formula is C82H56N2. The topological polar surface area (TPSA) is 6.48 Å². The smallest absolute Gasteiger partial charge is 0.0546 e. The molecule has 2 heteroatoms. The highest BCUT2D eigenvalue weighted by molar-refractivity contribution is 6.25. The second-order valence-corrected chi connectivity index (χ2v) is 21.5. The maximum absolute atomic E-state index is 2.39. The molecule has 2 nitrogen and oxygen atoms in total. The zero-order valence-electron chi connectivity index (χ0n) is 46.2. The molecule has 16 aromatic carbocycles. The van der Waals surface area contributed by atoms with Gasteiger partial charge in [0, 0.05) is 33.5 Å². The highest BCUT2D eigenvalue weighted by Crippen LogP contribution is 2.49. The van der Waals surface area contributed by atoms with Crippen molar-refractivity contribution in [3.05, 3.63) is 340 Å². The van der Waals surface area contributed by atoms with Crippen LogP contribution in [0.5, 0.6) is 0 Å². The second-order valence-electron chi connectivity index (χ2n) is 21.5. The van der Waals surface area contributed by atoms with Crippen molar-refractivity contribution in [2.75, 3.05) is 9.80 Å². The number of hydrogen-bond acceptors (Lipinski definition) is 2. The summed E-state index contributed by atoms with van der Waals surface area (Å²) >= 11 is 0. The Hall–Kier alpha value is -11.1. The van der Waals surface area contributed by atoms with Crippen LogP contribution in [0.15, 0.2) is 340 Å². The van der Waals surface area contributed by atoms with Crippen LogP contribution in [0.25, 0.3) is 109 Å². The third-order valence-electron chi connectivity index (χ3n) is 16.6. The fourth-order valence-electron chi connectivity index (χ4n) is 12.8. The summed E-state index contributed by atoms with van der Waals surface area (Å²) in [6.45, 7) is 0. The van der Waals surface area contributed by atoms with Crippen molar-refractivity contribution in [1.29, 1.82) is 0 Å². The Balaban J connectivity index is 0.000000144. The van der Waals surface area contributed by atoms with E-state index in [1.807, 2.05) is 0 Å². The van der Waals surface area contributed by atoms with E-state index in [4.69, 9.17) is 0 Å². The average molecular weight is 1070 g/mol. The van der Waals surface area contributed by atoms with Crippen molar-refractivity contribution in [2.24, 2.45) is 0 Å². The molecule has 394 valence electrons. The lowest BCUT2D eigenvalue weighted by Crippen LogP contribution is -2.11. The molecule has 0 aliphatic rings. The van der Waals surface area contributed by atoms with Crippen molar-refractivity contribution < 1.29 is 0 Å². The summed E-state index contributed by atoms with van der Waals surface area (Å²) in [5.74, 6) is 0. The molecule has 0 saturated carbocycles. The Morgan fingerprint density at radius 1 is 0.167 bits per heavy atom. The van der Waals surface area contributed by atoms with Crippen LogP contribution in [-0.4, -0.2) is 0 Å². The molecule has 0 bridgehead atoms. The first-order valence-corrected chi connectivity index (χ1v) is 28.9. The van der Waals surface area contributed by atoms with E-state index in [1.54, 1.807) is 0 Å². The Bertz CT molecular complexity index is 4750. The first-order valence-electron chi connectivity index (χ1n) is 28.9. The SMILES string of the molecule is c1ccc(N(c2ccccc2)c2cc3c4ccccc4c(N(c4ccccc4)c4ccccc4)cc3c3ccccc23)cc1.c1ccc2cc(-c3c4ccccc4c(-c4ccc(-c5cccc6ccccc56)cc4)c4ccccc34)ccc2c1. The molecule has 0 aliphatic heterocycles. The molecule has 0 saturated heterocycles. The maximum Gasteiger partial charge on any atom is 0.0546 e. The lowest BCUT2D eigenvalue weighted by atomic mass is 9.85. The van der Waals surface area contributed by atoms with Crippen molar-refractivity contribution in [2.45, 2.75) is 0 Å². The van der Waals surface area contributed by atoms with E-state index in [2.05, 4.69) is 350 Å². The van der Waals surface area contributed by atoms with Gasteiger partial charge in [-0.15, -0.1) is 0 Å². The summed E-state index contributed by atoms with van der Waals surface area (Å²) in [6.07, 6.45) is 0. The van der Waals surface area contributed by atoms with Crippen LogP contribution in [0.4, 0.5) is 34.1 Å². The Kier molecular flexibility index (Phi) is 12.9. The van der Waals surface area contributed by atoms with Gasteiger partial charge in [-0.2, -0.15) is 0 Å². The van der Waals surface area contributed by atoms with Gasteiger partial charge in [0.1, 0.15) is 0 Å². The minimum absolute atomic E-state index is 1.13. The lowest BCUT2D eigenvalue weighted by molar-refractivity contribution is 1.30. The van der Waals surface area contributed by atoms with Gasteiger partial charge in [0.05, 0.1) is 11.4 Å². The number of rotatable bonds is 9. The molecule has 0 heterocycles. The zero-order valence-corrected chi connectivity index (χ0v) is 46.2. The Morgan fingerprint density at radius 3 is 0.940 bits per heavy atom. The zero-order chi connectivity index (χ0) is 55.8. The quantitative estimate of drug-likeness (QED) is 0.105. The molecule has 0 radical (unpaired) electrons. The summed E-state index contributed by atoms with van der Waals surface area (Å²) in [7, 11) is 0. The number of anilines is 6. The van der Waals surface area contributed by atoms with Gasteiger partial charge in [-0.05, 0) is 165 Å². The lowest BCUT2D eigenvalue weighted by Gasteiger charge is -2.29. The van der Waals surface area contributed by atoms with Crippen molar-refractivity contribution in [3.63, 3.8) is 0 Å². The third-order valence-corrected chi connectivity index (χ3v) is 16.6. The monoisotopic (exact) mass is 1070 g/mol. The molecule has 0 N–H and O–H groups in total. The second kappa shape index (κ2) is 21.8. The van der Waals surface area contributed by atoms with E-state index in [-0.39, 0.29) is 0 Å². The van der Waals surface area contributed by atoms with E-state index < -0.39 is 0 Å². The van der Waals surface area contributed by atoms with Crippen LogP contribution in [0.2, 0.25) is 0 Å². The van der Waals surface area contributed by atoms with Crippen LogP contribution in [0, 0.1) is 0 Å². The molecule has 0 spiro atoms. The van der Waals surface area contributed by atoms with E-state index in [0.717, 1.165) is 34.1 Å². The van der Waals surface area contributed by atoms with Gasteiger partial charge in [-0.1, -0.05) is 273 Å². The minimum Gasteiger partial charge on any atom is -0.310 e. The normalized spacial score (nSPS) is 11.3. The number of para-hydroxylation sites is 4. The van der Waals surface area contributed by atoms with Gasteiger partial charge in [0.25, 0.3) is 0 Å². The molecule has 0 unspecified atom stereocenters. The molecule has 0 fully saturated rings. The fraction of sp³-hybridized carbons (Fsp3) is 0. The van der Waals surface area contributed by atoms with Gasteiger partial charge in [0.15, 0.2) is 0 Å². The van der Waals surface area contributed by atoms with Gasteiger partial charge in [-0.25, -0.2) is 0 Å². The molecule has 84 heavy (non-hydrogen) atoms. The van der Waals surface area contributed by atoms with E-state index in [9.17, 15) is 0 Å². The highest BCUT2D eigenvalue weighted by Gasteiger charge is 2.23.